The van der Waals surface area contributed by atoms with E-state index < -0.39 is 0 Å². The highest BCUT2D eigenvalue weighted by atomic mass is 28.1. The zero-order chi connectivity index (χ0) is 6.73. The normalized spacial score (nSPS) is 12.4. The lowest BCUT2D eigenvalue weighted by Crippen LogP contribution is -2.40. The van der Waals surface area contributed by atoms with Crippen molar-refractivity contribution in [1.82, 2.24) is 9.80 Å². The number of hydrogen-bond acceptors (Lipinski definition) is 2. The fourth-order valence-electron chi connectivity index (χ4n) is 0.462. The third-order valence-corrected chi connectivity index (χ3v) is 3.56. The topological polar surface area (TPSA) is 6.48 Å². The molecule has 0 aliphatic carbocycles. The second kappa shape index (κ2) is 3.22. The molecule has 0 aromatic carbocycles. The minimum atomic E-state index is 0.676. The van der Waals surface area contributed by atoms with Crippen molar-refractivity contribution in [3.8, 4) is 0 Å². The van der Waals surface area contributed by atoms with Crippen molar-refractivity contribution in [1.29, 1.82) is 0 Å². The van der Waals surface area contributed by atoms with Gasteiger partial charge in [0.1, 0.15) is 0 Å². The van der Waals surface area contributed by atoms with Crippen LogP contribution in [0.2, 0.25) is 0 Å². The standard InChI is InChI=1S/C5H16N2Si/c1-6(2)5(8)7(3)4/h5H,1-4,8H3. The zero-order valence-electron chi connectivity index (χ0n) is 6.47. The van der Waals surface area contributed by atoms with Gasteiger partial charge in [-0.3, -0.25) is 9.80 Å². The smallest absolute Gasteiger partial charge is 0.0428 e. The van der Waals surface area contributed by atoms with Crippen LogP contribution >= 0.6 is 0 Å². The maximum atomic E-state index is 2.23. The van der Waals surface area contributed by atoms with Gasteiger partial charge in [0, 0.05) is 16.0 Å². The van der Waals surface area contributed by atoms with Gasteiger partial charge in [-0.2, -0.15) is 0 Å². The minimum absolute atomic E-state index is 0.676. The van der Waals surface area contributed by atoms with E-state index in [1.54, 1.807) is 0 Å². The van der Waals surface area contributed by atoms with Crippen LogP contribution in [0.1, 0.15) is 0 Å². The molecule has 0 bridgehead atoms. The van der Waals surface area contributed by atoms with Crippen LogP contribution in [-0.2, 0) is 0 Å². The Morgan fingerprint density at radius 1 is 1.00 bits per heavy atom. The van der Waals surface area contributed by atoms with E-state index >= 15 is 0 Å². The SMILES string of the molecule is CN(C)C([SiH3])N(C)C. The molecule has 0 saturated heterocycles. The second-order valence-corrected chi connectivity index (χ2v) is 3.59. The average Bonchev–Trinajstić information content (AvgIpc) is 1.64. The summed E-state index contributed by atoms with van der Waals surface area (Å²) in [5.41, 5.74) is 0. The fraction of sp³-hybridized carbons (Fsp3) is 1.00. The molecule has 0 saturated carbocycles. The lowest BCUT2D eigenvalue weighted by Gasteiger charge is -2.26. The van der Waals surface area contributed by atoms with Gasteiger partial charge in [0.25, 0.3) is 0 Å². The highest BCUT2D eigenvalue weighted by Gasteiger charge is 2.03. The molecular weight excluding hydrogens is 116 g/mol. The summed E-state index contributed by atoms with van der Waals surface area (Å²) < 4.78 is 0. The van der Waals surface area contributed by atoms with E-state index in [-0.39, 0.29) is 0 Å². The van der Waals surface area contributed by atoms with E-state index in [2.05, 4.69) is 38.0 Å². The van der Waals surface area contributed by atoms with Crippen LogP contribution in [0.15, 0.2) is 0 Å². The summed E-state index contributed by atoms with van der Waals surface area (Å²) in [5.74, 6) is 0.676. The third-order valence-electron chi connectivity index (χ3n) is 1.49. The van der Waals surface area contributed by atoms with Crippen molar-refractivity contribution >= 4 is 10.2 Å². The summed E-state index contributed by atoms with van der Waals surface area (Å²) in [6.07, 6.45) is 0. The minimum Gasteiger partial charge on any atom is -0.298 e. The third kappa shape index (κ3) is 2.45. The molecule has 0 spiro atoms. The van der Waals surface area contributed by atoms with Crippen LogP contribution in [-0.4, -0.2) is 54.0 Å². The van der Waals surface area contributed by atoms with Crippen LogP contribution in [0.25, 0.3) is 0 Å². The Labute approximate surface area is 54.9 Å². The molecule has 0 aliphatic rings. The average molecular weight is 132 g/mol. The van der Waals surface area contributed by atoms with E-state index in [9.17, 15) is 0 Å². The molecule has 8 heavy (non-hydrogen) atoms. The summed E-state index contributed by atoms with van der Waals surface area (Å²) in [7, 11) is 9.65. The van der Waals surface area contributed by atoms with E-state index in [1.165, 1.54) is 10.2 Å². The second-order valence-electron chi connectivity index (χ2n) is 2.56. The Morgan fingerprint density at radius 3 is 1.25 bits per heavy atom. The summed E-state index contributed by atoms with van der Waals surface area (Å²) >= 11 is 0. The Bertz CT molecular complexity index is 55.4. The molecule has 0 aromatic rings. The van der Waals surface area contributed by atoms with Crippen molar-refractivity contribution in [3.05, 3.63) is 0 Å². The Balaban J connectivity index is 3.46. The van der Waals surface area contributed by atoms with Crippen LogP contribution in [0, 0.1) is 0 Å². The van der Waals surface area contributed by atoms with E-state index in [1.807, 2.05) is 0 Å². The molecule has 0 atom stereocenters. The van der Waals surface area contributed by atoms with Gasteiger partial charge >= 0.3 is 0 Å². The molecule has 0 aromatic heterocycles. The predicted molar refractivity (Wildman–Crippen MR) is 41.1 cm³/mol. The van der Waals surface area contributed by atoms with Crippen molar-refractivity contribution in [2.24, 2.45) is 0 Å². The van der Waals surface area contributed by atoms with Gasteiger partial charge in [0.15, 0.2) is 0 Å². The number of hydrogen-bond donors (Lipinski definition) is 0. The summed E-state index contributed by atoms with van der Waals surface area (Å²) in [5, 5.41) is 0. The van der Waals surface area contributed by atoms with Crippen molar-refractivity contribution in [2.45, 2.75) is 5.79 Å². The first-order chi connectivity index (χ1) is 3.55. The summed E-state index contributed by atoms with van der Waals surface area (Å²) in [4.78, 5) is 4.46. The zero-order valence-corrected chi connectivity index (χ0v) is 8.47. The first-order valence-corrected chi connectivity index (χ1v) is 4.04. The van der Waals surface area contributed by atoms with E-state index in [0.717, 1.165) is 0 Å². The van der Waals surface area contributed by atoms with Crippen LogP contribution < -0.4 is 0 Å². The Kier molecular flexibility index (Phi) is 3.27. The maximum Gasteiger partial charge on any atom is 0.0428 e. The Hall–Kier alpha value is 0.137. The first kappa shape index (κ1) is 8.14. The van der Waals surface area contributed by atoms with Crippen LogP contribution in [0.4, 0.5) is 0 Å². The van der Waals surface area contributed by atoms with E-state index in [0.29, 0.717) is 5.79 Å². The van der Waals surface area contributed by atoms with Gasteiger partial charge in [-0.1, -0.05) is 0 Å². The lowest BCUT2D eigenvalue weighted by molar-refractivity contribution is 0.204. The molecule has 0 rings (SSSR count). The van der Waals surface area contributed by atoms with Crippen LogP contribution in [0.5, 0.6) is 0 Å². The highest BCUT2D eigenvalue weighted by Crippen LogP contribution is 1.87. The van der Waals surface area contributed by atoms with Crippen molar-refractivity contribution in [3.63, 3.8) is 0 Å². The van der Waals surface area contributed by atoms with Gasteiger partial charge in [0.2, 0.25) is 0 Å². The molecule has 0 heterocycles. The van der Waals surface area contributed by atoms with Gasteiger partial charge in [-0.15, -0.1) is 0 Å². The lowest BCUT2D eigenvalue weighted by atomic mass is 10.8. The molecule has 0 N–H and O–H groups in total. The molecule has 50 valence electrons. The molecule has 2 nitrogen and oxygen atoms in total. The number of rotatable bonds is 2. The van der Waals surface area contributed by atoms with Crippen molar-refractivity contribution < 1.29 is 0 Å². The number of nitrogens with zero attached hydrogens (tertiary/aromatic N) is 2. The molecule has 0 aliphatic heterocycles. The predicted octanol–water partition coefficient (Wildman–Crippen LogP) is -1.24. The van der Waals surface area contributed by atoms with Gasteiger partial charge < -0.3 is 0 Å². The molecular formula is C5H16N2Si. The quantitative estimate of drug-likeness (QED) is 0.342. The summed E-state index contributed by atoms with van der Waals surface area (Å²) in [6, 6.07) is 0. The maximum absolute atomic E-state index is 2.23. The largest absolute Gasteiger partial charge is 0.298 e. The van der Waals surface area contributed by atoms with E-state index in [4.69, 9.17) is 0 Å². The Morgan fingerprint density at radius 2 is 1.25 bits per heavy atom. The monoisotopic (exact) mass is 132 g/mol. The van der Waals surface area contributed by atoms with Crippen molar-refractivity contribution in [2.75, 3.05) is 28.2 Å². The molecule has 0 fully saturated rings. The molecule has 3 heteroatoms. The fourth-order valence-corrected chi connectivity index (χ4v) is 0.462. The van der Waals surface area contributed by atoms with Gasteiger partial charge in [0.05, 0.1) is 0 Å². The highest BCUT2D eigenvalue weighted by molar-refractivity contribution is 6.11. The first-order valence-electron chi connectivity index (χ1n) is 2.88. The van der Waals surface area contributed by atoms with Gasteiger partial charge in [-0.25, -0.2) is 0 Å². The van der Waals surface area contributed by atoms with Gasteiger partial charge in [-0.05, 0) is 28.2 Å². The molecule has 0 amide bonds. The van der Waals surface area contributed by atoms with Crippen LogP contribution in [0.3, 0.4) is 0 Å². The molecule has 0 unspecified atom stereocenters. The summed E-state index contributed by atoms with van der Waals surface area (Å²) in [6.45, 7) is 0. The molecule has 0 radical (unpaired) electrons.